The third-order valence-corrected chi connectivity index (χ3v) is 2.67. The molecule has 1 aromatic rings. The van der Waals surface area contributed by atoms with Gasteiger partial charge in [-0.15, -0.1) is 0 Å². The lowest BCUT2D eigenvalue weighted by molar-refractivity contribution is -0.386. The van der Waals surface area contributed by atoms with Crippen molar-refractivity contribution in [2.75, 3.05) is 0 Å². The summed E-state index contributed by atoms with van der Waals surface area (Å²) >= 11 is 3.08. The van der Waals surface area contributed by atoms with E-state index in [1.54, 1.807) is 6.07 Å². The van der Waals surface area contributed by atoms with Crippen LogP contribution in [0.2, 0.25) is 0 Å². The van der Waals surface area contributed by atoms with Gasteiger partial charge >= 0.3 is 0 Å². The molecular weight excluding hydrogens is 292 g/mol. The molecule has 0 saturated carbocycles. The number of halogens is 1. The van der Waals surface area contributed by atoms with Crippen LogP contribution in [0, 0.1) is 21.4 Å². The molecule has 0 aliphatic carbocycles. The Labute approximate surface area is 105 Å². The highest BCUT2D eigenvalue weighted by Gasteiger charge is 2.26. The Hall–Kier alpha value is -1.49. The van der Waals surface area contributed by atoms with E-state index < -0.39 is 17.1 Å². The van der Waals surface area contributed by atoms with Crippen LogP contribution in [0.5, 0.6) is 0 Å². The Bertz CT molecular complexity index is 472. The molecule has 0 radical (unpaired) electrons. The predicted molar refractivity (Wildman–Crippen MR) is 62.0 cm³/mol. The highest BCUT2D eigenvalue weighted by molar-refractivity contribution is 9.10. The summed E-state index contributed by atoms with van der Waals surface area (Å²) in [5.74, 6) is 0. The smallest absolute Gasteiger partial charge is 0.276 e. The van der Waals surface area contributed by atoms with Crippen LogP contribution in [-0.4, -0.2) is 21.2 Å². The highest BCUT2D eigenvalue weighted by Crippen LogP contribution is 2.30. The number of benzene rings is 1. The molecule has 7 heteroatoms. The summed E-state index contributed by atoms with van der Waals surface area (Å²) in [4.78, 5) is 10.1. The van der Waals surface area contributed by atoms with Crippen LogP contribution in [0.25, 0.3) is 0 Å². The summed E-state index contributed by atoms with van der Waals surface area (Å²) in [5.41, 5.74) is -0.315. The standard InChI is InChI=1S/C10H9BrN2O4/c11-6-1-2-7(8(5-6)13(16)17)10(15)9(14)3-4-12/h1-2,5,9-10,14-15H,3H2. The molecule has 2 unspecified atom stereocenters. The lowest BCUT2D eigenvalue weighted by Gasteiger charge is -2.15. The van der Waals surface area contributed by atoms with Crippen molar-refractivity contribution in [3.05, 3.63) is 38.3 Å². The molecule has 1 rings (SSSR count). The fourth-order valence-electron chi connectivity index (χ4n) is 1.34. The number of hydrogen-bond donors (Lipinski definition) is 2. The second-order valence-electron chi connectivity index (χ2n) is 3.33. The second-order valence-corrected chi connectivity index (χ2v) is 4.25. The molecule has 0 amide bonds. The topological polar surface area (TPSA) is 107 Å². The Morgan fingerprint density at radius 1 is 1.53 bits per heavy atom. The first kappa shape index (κ1) is 13.6. The quantitative estimate of drug-likeness (QED) is 0.649. The maximum Gasteiger partial charge on any atom is 0.276 e. The average molecular weight is 301 g/mol. The van der Waals surface area contributed by atoms with E-state index >= 15 is 0 Å². The normalized spacial score (nSPS) is 13.8. The summed E-state index contributed by atoms with van der Waals surface area (Å²) in [6, 6.07) is 5.78. The molecule has 0 aromatic heterocycles. The molecule has 2 N–H and O–H groups in total. The van der Waals surface area contributed by atoms with E-state index in [9.17, 15) is 20.3 Å². The van der Waals surface area contributed by atoms with Crippen LogP contribution in [0.15, 0.2) is 22.7 Å². The Balaban J connectivity index is 3.13. The number of aliphatic hydroxyl groups excluding tert-OH is 2. The SMILES string of the molecule is N#CCC(O)C(O)c1ccc(Br)cc1[N+](=O)[O-]. The minimum Gasteiger partial charge on any atom is -0.389 e. The van der Waals surface area contributed by atoms with Crippen LogP contribution >= 0.6 is 15.9 Å². The second kappa shape index (κ2) is 5.72. The van der Waals surface area contributed by atoms with Crippen molar-refractivity contribution >= 4 is 21.6 Å². The van der Waals surface area contributed by atoms with Crippen molar-refractivity contribution in [1.29, 1.82) is 5.26 Å². The van der Waals surface area contributed by atoms with E-state index in [1.165, 1.54) is 18.2 Å². The summed E-state index contributed by atoms with van der Waals surface area (Å²) in [6.07, 6.45) is -3.10. The van der Waals surface area contributed by atoms with Crippen molar-refractivity contribution in [3.63, 3.8) is 0 Å². The minimum absolute atomic E-state index is 0.0130. The highest BCUT2D eigenvalue weighted by atomic mass is 79.9. The number of nitro groups is 1. The van der Waals surface area contributed by atoms with E-state index in [2.05, 4.69) is 15.9 Å². The average Bonchev–Trinajstić information content (AvgIpc) is 2.28. The Morgan fingerprint density at radius 3 is 2.71 bits per heavy atom. The molecule has 1 aromatic carbocycles. The van der Waals surface area contributed by atoms with Gasteiger partial charge in [0.15, 0.2) is 0 Å². The van der Waals surface area contributed by atoms with Crippen molar-refractivity contribution < 1.29 is 15.1 Å². The number of nitrogens with zero attached hydrogens (tertiary/aromatic N) is 2. The van der Waals surface area contributed by atoms with Gasteiger partial charge in [0.2, 0.25) is 0 Å². The number of hydrogen-bond acceptors (Lipinski definition) is 5. The molecule has 2 atom stereocenters. The molecule has 0 aliphatic heterocycles. The molecule has 0 bridgehead atoms. The number of nitro benzene ring substituents is 1. The van der Waals surface area contributed by atoms with Gasteiger partial charge in [0, 0.05) is 10.5 Å². The zero-order valence-electron chi connectivity index (χ0n) is 8.58. The van der Waals surface area contributed by atoms with Crippen molar-refractivity contribution in [1.82, 2.24) is 0 Å². The summed E-state index contributed by atoms with van der Waals surface area (Å²) < 4.78 is 0.495. The van der Waals surface area contributed by atoms with Crippen LogP contribution < -0.4 is 0 Å². The number of rotatable bonds is 4. The first-order chi connectivity index (χ1) is 7.97. The third-order valence-electron chi connectivity index (χ3n) is 2.17. The number of nitriles is 1. The van der Waals surface area contributed by atoms with Gasteiger partial charge in [-0.05, 0) is 12.1 Å². The van der Waals surface area contributed by atoms with Gasteiger partial charge in [0.25, 0.3) is 5.69 Å². The zero-order chi connectivity index (χ0) is 13.0. The molecule has 0 saturated heterocycles. The Kier molecular flexibility index (Phi) is 4.57. The van der Waals surface area contributed by atoms with Crippen LogP contribution in [0.4, 0.5) is 5.69 Å². The van der Waals surface area contributed by atoms with Gasteiger partial charge in [-0.3, -0.25) is 10.1 Å². The predicted octanol–water partition coefficient (Wildman–Crippen LogP) is 1.67. The summed E-state index contributed by atoms with van der Waals surface area (Å²) in [6.45, 7) is 0. The van der Waals surface area contributed by atoms with E-state index in [0.29, 0.717) is 4.47 Å². The first-order valence-corrected chi connectivity index (χ1v) is 5.43. The summed E-state index contributed by atoms with van der Waals surface area (Å²) in [7, 11) is 0. The third kappa shape index (κ3) is 3.23. The van der Waals surface area contributed by atoms with Gasteiger partial charge in [0.05, 0.1) is 29.1 Å². The molecule has 17 heavy (non-hydrogen) atoms. The van der Waals surface area contributed by atoms with Gasteiger partial charge in [0.1, 0.15) is 6.10 Å². The monoisotopic (exact) mass is 300 g/mol. The molecule has 0 aliphatic rings. The number of aliphatic hydroxyl groups is 2. The zero-order valence-corrected chi connectivity index (χ0v) is 10.2. The molecule has 0 spiro atoms. The van der Waals surface area contributed by atoms with Crippen LogP contribution in [-0.2, 0) is 0 Å². The molecule has 90 valence electrons. The minimum atomic E-state index is -1.46. The van der Waals surface area contributed by atoms with E-state index in [4.69, 9.17) is 5.26 Å². The van der Waals surface area contributed by atoms with Crippen LogP contribution in [0.1, 0.15) is 18.1 Å². The van der Waals surface area contributed by atoms with E-state index in [-0.39, 0.29) is 17.7 Å². The lowest BCUT2D eigenvalue weighted by atomic mass is 10.0. The van der Waals surface area contributed by atoms with Gasteiger partial charge < -0.3 is 10.2 Å². The van der Waals surface area contributed by atoms with Gasteiger partial charge in [-0.25, -0.2) is 0 Å². The molecular formula is C10H9BrN2O4. The van der Waals surface area contributed by atoms with Crippen molar-refractivity contribution in [2.24, 2.45) is 0 Å². The molecule has 0 fully saturated rings. The molecule has 0 heterocycles. The maximum absolute atomic E-state index is 10.8. The van der Waals surface area contributed by atoms with Crippen molar-refractivity contribution in [2.45, 2.75) is 18.6 Å². The summed E-state index contributed by atoms with van der Waals surface area (Å²) in [5, 5.41) is 38.3. The van der Waals surface area contributed by atoms with Crippen LogP contribution in [0.3, 0.4) is 0 Å². The fourth-order valence-corrected chi connectivity index (χ4v) is 1.69. The first-order valence-electron chi connectivity index (χ1n) is 4.64. The van der Waals surface area contributed by atoms with Crippen molar-refractivity contribution in [3.8, 4) is 6.07 Å². The molecule has 6 nitrogen and oxygen atoms in total. The maximum atomic E-state index is 10.8. The van der Waals surface area contributed by atoms with Gasteiger partial charge in [-0.1, -0.05) is 15.9 Å². The van der Waals surface area contributed by atoms with Gasteiger partial charge in [-0.2, -0.15) is 5.26 Å². The van der Waals surface area contributed by atoms with E-state index in [0.717, 1.165) is 0 Å². The Morgan fingerprint density at radius 2 is 2.18 bits per heavy atom. The lowest BCUT2D eigenvalue weighted by Crippen LogP contribution is -2.18. The van der Waals surface area contributed by atoms with E-state index in [1.807, 2.05) is 0 Å². The fraction of sp³-hybridized carbons (Fsp3) is 0.300. The largest absolute Gasteiger partial charge is 0.389 e.